The first-order chi connectivity index (χ1) is 3.41. The molecule has 0 heterocycles. The van der Waals surface area contributed by atoms with Crippen LogP contribution in [0.4, 0.5) is 0 Å². The van der Waals surface area contributed by atoms with E-state index >= 15 is 0 Å². The van der Waals surface area contributed by atoms with Crippen molar-refractivity contribution < 1.29 is 0 Å². The molecule has 0 bridgehead atoms. The van der Waals surface area contributed by atoms with Crippen LogP contribution in [0.3, 0.4) is 0 Å². The lowest BCUT2D eigenvalue weighted by molar-refractivity contribution is 1.49. The van der Waals surface area contributed by atoms with Gasteiger partial charge in [-0.05, 0) is 0 Å². The first-order valence-corrected chi connectivity index (χ1v) is 2.15. The summed E-state index contributed by atoms with van der Waals surface area (Å²) in [6.45, 7) is 6.91. The molecule has 0 N–H and O–H groups in total. The fourth-order valence-electron chi connectivity index (χ4n) is 0.210. The van der Waals surface area contributed by atoms with Gasteiger partial charge >= 0.3 is 0 Å². The molecule has 7 heavy (non-hydrogen) atoms. The average Bonchev–Trinajstić information content (AvgIpc) is 1.69. The maximum Gasteiger partial charge on any atom is 0.0192 e. The molecule has 0 amide bonds. The highest BCUT2D eigenvalue weighted by Gasteiger charge is 1.60. The first kappa shape index (κ1) is 6.15. The molecule has 0 radical (unpaired) electrons. The monoisotopic (exact) mass is 95.1 g/mol. The Bertz CT molecular complexity index is 82.2. The summed E-state index contributed by atoms with van der Waals surface area (Å²) in [4.78, 5) is 3.73. The lowest BCUT2D eigenvalue weighted by atomic mass is 10.5. The molecular formula is C6H9N. The second kappa shape index (κ2) is 5.15. The number of aliphatic imine (C=N–C) groups is 1. The van der Waals surface area contributed by atoms with Gasteiger partial charge in [-0.1, -0.05) is 12.7 Å². The quantitative estimate of drug-likeness (QED) is 0.374. The fraction of sp³-hybridized carbons (Fsp3) is 0.167. The zero-order valence-corrected chi connectivity index (χ0v) is 4.30. The van der Waals surface area contributed by atoms with Crippen LogP contribution in [0.25, 0.3) is 0 Å². The Morgan fingerprint density at radius 1 is 1.43 bits per heavy atom. The maximum absolute atomic E-state index is 3.73. The van der Waals surface area contributed by atoms with Crippen molar-refractivity contribution in [1.29, 1.82) is 0 Å². The Balaban J connectivity index is 3.08. The topological polar surface area (TPSA) is 12.4 Å². The minimum Gasteiger partial charge on any atom is -0.269 e. The number of nitrogens with zero attached hydrogens (tertiary/aromatic N) is 1. The summed E-state index contributed by atoms with van der Waals surface area (Å²) in [5.74, 6) is 0. The van der Waals surface area contributed by atoms with E-state index in [4.69, 9.17) is 0 Å². The normalized spacial score (nSPS) is 9.14. The molecule has 1 heteroatoms. The summed E-state index contributed by atoms with van der Waals surface area (Å²) in [5, 5.41) is 0. The molecule has 0 atom stereocenters. The Morgan fingerprint density at radius 2 is 2.14 bits per heavy atom. The summed E-state index contributed by atoms with van der Waals surface area (Å²) < 4.78 is 0. The Morgan fingerprint density at radius 3 is 2.57 bits per heavy atom. The van der Waals surface area contributed by atoms with Gasteiger partial charge in [0.05, 0.1) is 0 Å². The van der Waals surface area contributed by atoms with Gasteiger partial charge in [-0.3, -0.25) is 4.99 Å². The lowest BCUT2D eigenvalue weighted by Gasteiger charge is -1.71. The Kier molecular flexibility index (Phi) is 4.52. The third-order valence-corrected chi connectivity index (χ3v) is 0.483. The zero-order chi connectivity index (χ0) is 5.54. The van der Waals surface area contributed by atoms with E-state index in [0.717, 1.165) is 6.42 Å². The summed E-state index contributed by atoms with van der Waals surface area (Å²) in [6, 6.07) is 0. The second-order valence-electron chi connectivity index (χ2n) is 1.04. The summed E-state index contributed by atoms with van der Waals surface area (Å²) in [7, 11) is 0. The van der Waals surface area contributed by atoms with E-state index in [2.05, 4.69) is 18.2 Å². The molecule has 38 valence electrons. The molecule has 0 fully saturated rings. The standard InChI is InChI=1S/C6H9N/c1-3-5-6-7-4-2/h3-4,6H,1-2,5H2. The van der Waals surface area contributed by atoms with Crippen molar-refractivity contribution in [2.75, 3.05) is 0 Å². The Labute approximate surface area is 44.1 Å². The van der Waals surface area contributed by atoms with Crippen molar-refractivity contribution in [3.63, 3.8) is 0 Å². The van der Waals surface area contributed by atoms with Crippen molar-refractivity contribution >= 4 is 6.21 Å². The molecule has 0 aromatic carbocycles. The molecule has 0 unspecified atom stereocenters. The first-order valence-electron chi connectivity index (χ1n) is 2.15. The highest BCUT2D eigenvalue weighted by atomic mass is 14.6. The minimum atomic E-state index is 0.825. The van der Waals surface area contributed by atoms with Gasteiger partial charge in [0, 0.05) is 18.8 Å². The minimum absolute atomic E-state index is 0.825. The van der Waals surface area contributed by atoms with Crippen LogP contribution in [0.2, 0.25) is 0 Å². The number of rotatable bonds is 3. The molecule has 0 aromatic rings. The van der Waals surface area contributed by atoms with Gasteiger partial charge in [-0.25, -0.2) is 0 Å². The molecular weight excluding hydrogens is 86.1 g/mol. The van der Waals surface area contributed by atoms with Crippen molar-refractivity contribution in [2.24, 2.45) is 4.99 Å². The van der Waals surface area contributed by atoms with Crippen LogP contribution in [0, 0.1) is 0 Å². The van der Waals surface area contributed by atoms with Crippen LogP contribution in [0.15, 0.2) is 30.4 Å². The predicted octanol–water partition coefficient (Wildman–Crippen LogP) is 1.78. The summed E-state index contributed by atoms with van der Waals surface area (Å²) in [6.07, 6.45) is 5.86. The fourth-order valence-corrected chi connectivity index (χ4v) is 0.210. The van der Waals surface area contributed by atoms with Crippen LogP contribution < -0.4 is 0 Å². The van der Waals surface area contributed by atoms with Crippen molar-refractivity contribution in [2.45, 2.75) is 6.42 Å². The molecule has 0 aliphatic carbocycles. The SMILES string of the molecule is C=CCC=NC=C. The summed E-state index contributed by atoms with van der Waals surface area (Å²) >= 11 is 0. The third kappa shape index (κ3) is 5.15. The highest BCUT2D eigenvalue weighted by molar-refractivity contribution is 5.59. The van der Waals surface area contributed by atoms with Gasteiger partial charge in [0.25, 0.3) is 0 Å². The lowest BCUT2D eigenvalue weighted by Crippen LogP contribution is -1.62. The summed E-state index contributed by atoms with van der Waals surface area (Å²) in [5.41, 5.74) is 0. The van der Waals surface area contributed by atoms with Crippen molar-refractivity contribution in [3.05, 3.63) is 25.4 Å². The molecule has 0 rings (SSSR count). The van der Waals surface area contributed by atoms with Crippen LogP contribution in [-0.2, 0) is 0 Å². The van der Waals surface area contributed by atoms with Gasteiger partial charge < -0.3 is 0 Å². The maximum atomic E-state index is 3.73. The second-order valence-corrected chi connectivity index (χ2v) is 1.04. The van der Waals surface area contributed by atoms with E-state index in [1.807, 2.05) is 0 Å². The van der Waals surface area contributed by atoms with Crippen LogP contribution in [-0.4, -0.2) is 6.21 Å². The van der Waals surface area contributed by atoms with E-state index < -0.39 is 0 Å². The molecule has 0 saturated heterocycles. The molecule has 0 spiro atoms. The van der Waals surface area contributed by atoms with E-state index in [9.17, 15) is 0 Å². The molecule has 0 aliphatic rings. The van der Waals surface area contributed by atoms with Crippen molar-refractivity contribution in [3.8, 4) is 0 Å². The van der Waals surface area contributed by atoms with Gasteiger partial charge in [-0.15, -0.1) is 6.58 Å². The number of allylic oxidation sites excluding steroid dienone is 1. The van der Waals surface area contributed by atoms with Crippen LogP contribution in [0.1, 0.15) is 6.42 Å². The highest BCUT2D eigenvalue weighted by Crippen LogP contribution is 1.72. The smallest absolute Gasteiger partial charge is 0.0192 e. The molecule has 0 aliphatic heterocycles. The number of hydrogen-bond donors (Lipinski definition) is 0. The van der Waals surface area contributed by atoms with Gasteiger partial charge in [-0.2, -0.15) is 0 Å². The largest absolute Gasteiger partial charge is 0.269 e. The zero-order valence-electron chi connectivity index (χ0n) is 4.30. The van der Waals surface area contributed by atoms with E-state index in [-0.39, 0.29) is 0 Å². The van der Waals surface area contributed by atoms with Gasteiger partial charge in [0.15, 0.2) is 0 Å². The molecule has 0 saturated carbocycles. The molecule has 0 aromatic heterocycles. The van der Waals surface area contributed by atoms with Crippen LogP contribution >= 0.6 is 0 Å². The molecule has 1 nitrogen and oxygen atoms in total. The number of hydrogen-bond acceptors (Lipinski definition) is 1. The Hall–Kier alpha value is -0.850. The average molecular weight is 95.1 g/mol. The van der Waals surface area contributed by atoms with Crippen LogP contribution in [0.5, 0.6) is 0 Å². The van der Waals surface area contributed by atoms with Crippen molar-refractivity contribution in [1.82, 2.24) is 0 Å². The van der Waals surface area contributed by atoms with E-state index in [0.29, 0.717) is 0 Å². The van der Waals surface area contributed by atoms with Gasteiger partial charge in [0.2, 0.25) is 0 Å². The van der Waals surface area contributed by atoms with Gasteiger partial charge in [0.1, 0.15) is 0 Å². The third-order valence-electron chi connectivity index (χ3n) is 0.483. The van der Waals surface area contributed by atoms with E-state index in [1.165, 1.54) is 6.20 Å². The predicted molar refractivity (Wildman–Crippen MR) is 33.5 cm³/mol. The van der Waals surface area contributed by atoms with E-state index in [1.54, 1.807) is 12.3 Å².